The van der Waals surface area contributed by atoms with Gasteiger partial charge in [0.05, 0.1) is 22.5 Å². The first kappa shape index (κ1) is 43.7. The van der Waals surface area contributed by atoms with Crippen LogP contribution in [-0.4, -0.2) is 23.4 Å². The van der Waals surface area contributed by atoms with Gasteiger partial charge in [0.1, 0.15) is 0 Å². The van der Waals surface area contributed by atoms with E-state index < -0.39 is 23.4 Å². The van der Waals surface area contributed by atoms with Crippen LogP contribution in [0, 0.1) is 0 Å². The fourth-order valence-electron chi connectivity index (χ4n) is 8.39. The van der Waals surface area contributed by atoms with E-state index >= 15 is 0 Å². The normalized spacial score (nSPS) is 11.8. The van der Waals surface area contributed by atoms with E-state index in [9.17, 15) is 19.2 Å². The van der Waals surface area contributed by atoms with Gasteiger partial charge >= 0.3 is 0 Å². The number of carbonyl (C=O) groups is 4. The molecule has 0 radical (unpaired) electrons. The molecule has 0 heterocycles. The van der Waals surface area contributed by atoms with Crippen molar-refractivity contribution in [1.82, 2.24) is 0 Å². The highest BCUT2D eigenvalue weighted by atomic mass is 16.2. The first-order chi connectivity index (χ1) is 30.3. The number of fused-ring (bicyclic) bond motifs is 2. The summed E-state index contributed by atoms with van der Waals surface area (Å²) in [7, 11) is 0. The molecule has 0 spiro atoms. The van der Waals surface area contributed by atoms with E-state index in [1.165, 1.54) is 88.2 Å². The van der Waals surface area contributed by atoms with Gasteiger partial charge in [0.25, 0.3) is 11.8 Å². The smallest absolute Gasteiger partial charge is 0.255 e. The predicted molar refractivity (Wildman–Crippen MR) is 254 cm³/mol. The maximum atomic E-state index is 14.1. The fourth-order valence-corrected chi connectivity index (χ4v) is 8.39. The van der Waals surface area contributed by atoms with Crippen molar-refractivity contribution in [2.75, 3.05) is 10.6 Å². The van der Waals surface area contributed by atoms with Crippen molar-refractivity contribution in [2.45, 2.75) is 104 Å². The Morgan fingerprint density at radius 2 is 0.710 bits per heavy atom. The van der Waals surface area contributed by atoms with Crippen molar-refractivity contribution in [3.63, 3.8) is 0 Å². The Kier molecular flexibility index (Phi) is 15.1. The molecule has 7 rings (SSSR count). The first-order valence-corrected chi connectivity index (χ1v) is 22.7. The molecule has 0 bridgehead atoms. The average molecular weight is 823 g/mol. The van der Waals surface area contributed by atoms with Crippen molar-refractivity contribution in [1.29, 1.82) is 0 Å². The van der Waals surface area contributed by atoms with Gasteiger partial charge in [0, 0.05) is 22.3 Å². The Morgan fingerprint density at radius 3 is 1.06 bits per heavy atom. The number of hydrogen-bond acceptors (Lipinski definition) is 4. The minimum absolute atomic E-state index is 0.0489. The number of ketones is 2. The third-order valence-electron chi connectivity index (χ3n) is 12.1. The SMILES string of the molecule is CCCCCCCCc1ccc(-c2ccc(C(=O)Nc3ccc(NC(=O)c4ccc(-c5ccc(CCCCCCCC)cc5)cc4)c4c3C(=O)c3ccccc3C4=O)cc2)cc1. The Morgan fingerprint density at radius 1 is 0.387 bits per heavy atom. The molecule has 0 saturated heterocycles. The Labute approximate surface area is 367 Å². The quantitative estimate of drug-likeness (QED) is 0.0749. The number of aryl methyl sites for hydroxylation is 2. The molecule has 0 aliphatic heterocycles. The topological polar surface area (TPSA) is 92.3 Å². The number of hydrogen-bond donors (Lipinski definition) is 2. The van der Waals surface area contributed by atoms with Gasteiger partial charge in [-0.25, -0.2) is 0 Å². The molecule has 62 heavy (non-hydrogen) atoms. The van der Waals surface area contributed by atoms with Crippen LogP contribution in [0.2, 0.25) is 0 Å². The van der Waals surface area contributed by atoms with Crippen molar-refractivity contribution in [3.8, 4) is 22.3 Å². The molecule has 0 unspecified atom stereocenters. The summed E-state index contributed by atoms with van der Waals surface area (Å²) in [5.74, 6) is -1.65. The fraction of sp³-hybridized carbons (Fsp3) is 0.286. The van der Waals surface area contributed by atoms with E-state index in [4.69, 9.17) is 0 Å². The van der Waals surface area contributed by atoms with Gasteiger partial charge in [-0.05, 0) is 95.5 Å². The molecule has 6 heteroatoms. The zero-order valence-corrected chi connectivity index (χ0v) is 36.2. The van der Waals surface area contributed by atoms with E-state index in [0.29, 0.717) is 11.1 Å². The van der Waals surface area contributed by atoms with Crippen molar-refractivity contribution >= 4 is 34.8 Å². The van der Waals surface area contributed by atoms with E-state index in [0.717, 1.165) is 35.1 Å². The molecule has 1 aliphatic rings. The van der Waals surface area contributed by atoms with Crippen molar-refractivity contribution in [2.24, 2.45) is 0 Å². The summed E-state index contributed by atoms with van der Waals surface area (Å²) >= 11 is 0. The molecule has 6 aromatic carbocycles. The third kappa shape index (κ3) is 10.7. The van der Waals surface area contributed by atoms with Crippen LogP contribution in [0.5, 0.6) is 0 Å². The van der Waals surface area contributed by atoms with Gasteiger partial charge in [-0.2, -0.15) is 0 Å². The minimum atomic E-state index is -0.420. The lowest BCUT2D eigenvalue weighted by molar-refractivity contribution is 0.0977. The van der Waals surface area contributed by atoms with E-state index in [-0.39, 0.29) is 33.6 Å². The number of rotatable bonds is 20. The summed E-state index contributed by atoms with van der Waals surface area (Å²) in [6.45, 7) is 4.48. The number of benzene rings is 6. The molecule has 0 fully saturated rings. The van der Waals surface area contributed by atoms with Crippen LogP contribution in [0.25, 0.3) is 22.3 Å². The molecule has 1 aliphatic carbocycles. The molecule has 6 nitrogen and oxygen atoms in total. The van der Waals surface area contributed by atoms with E-state index in [2.05, 4.69) is 73.0 Å². The number of amides is 2. The molecule has 0 atom stereocenters. The Hall–Kier alpha value is -6.40. The summed E-state index contributed by atoms with van der Waals surface area (Å²) in [6, 6.07) is 41.7. The first-order valence-electron chi connectivity index (χ1n) is 22.7. The molecular formula is C56H58N2O4. The van der Waals surface area contributed by atoms with E-state index in [1.54, 1.807) is 60.7 Å². The maximum absolute atomic E-state index is 14.1. The third-order valence-corrected chi connectivity index (χ3v) is 12.1. The van der Waals surface area contributed by atoms with Gasteiger partial charge in [-0.1, -0.05) is 175 Å². The molecule has 316 valence electrons. The van der Waals surface area contributed by atoms with Gasteiger partial charge in [0.15, 0.2) is 11.6 Å². The van der Waals surface area contributed by atoms with Crippen LogP contribution in [0.15, 0.2) is 133 Å². The number of nitrogens with one attached hydrogen (secondary N) is 2. The summed E-state index contributed by atoms with van der Waals surface area (Å²) in [5, 5.41) is 5.80. The summed E-state index contributed by atoms with van der Waals surface area (Å²) in [4.78, 5) is 55.6. The molecular weight excluding hydrogens is 765 g/mol. The van der Waals surface area contributed by atoms with E-state index in [1.807, 2.05) is 24.3 Å². The molecule has 0 saturated carbocycles. The van der Waals surface area contributed by atoms with Gasteiger partial charge in [-0.15, -0.1) is 0 Å². The van der Waals surface area contributed by atoms with Crippen LogP contribution < -0.4 is 10.6 Å². The highest BCUT2D eigenvalue weighted by molar-refractivity contribution is 6.33. The predicted octanol–water partition coefficient (Wildman–Crippen LogP) is 14.1. The second-order valence-corrected chi connectivity index (χ2v) is 16.6. The number of carbonyl (C=O) groups excluding carboxylic acids is 4. The summed E-state index contributed by atoms with van der Waals surface area (Å²) < 4.78 is 0. The molecule has 0 aromatic heterocycles. The highest BCUT2D eigenvalue weighted by Crippen LogP contribution is 2.37. The van der Waals surface area contributed by atoms with Gasteiger partial charge < -0.3 is 10.6 Å². The lowest BCUT2D eigenvalue weighted by Gasteiger charge is -2.23. The number of anilines is 2. The lowest BCUT2D eigenvalue weighted by atomic mass is 9.82. The molecule has 6 aromatic rings. The highest BCUT2D eigenvalue weighted by Gasteiger charge is 2.35. The van der Waals surface area contributed by atoms with Crippen LogP contribution in [0.1, 0.15) is 155 Å². The van der Waals surface area contributed by atoms with Crippen LogP contribution >= 0.6 is 0 Å². The monoisotopic (exact) mass is 822 g/mol. The standard InChI is InChI=1S/C56H58N2O4/c1-3-5-7-9-11-13-17-39-21-25-41(26-22-39)43-29-33-45(34-30-43)55(61)57-49-37-38-50(52-51(49)53(59)47-19-15-16-20-48(47)54(52)60)58-56(62)46-35-31-44(32-36-46)42-27-23-40(24-28-42)18-14-12-10-8-6-4-2/h15-16,19-38H,3-14,17-18H2,1-2H3,(H,57,61)(H,58,62). The van der Waals surface area contributed by atoms with Crippen molar-refractivity contribution < 1.29 is 19.2 Å². The summed E-state index contributed by atoms with van der Waals surface area (Å²) in [6.07, 6.45) is 17.4. The Balaban J connectivity index is 1.03. The second-order valence-electron chi connectivity index (χ2n) is 16.6. The lowest BCUT2D eigenvalue weighted by Crippen LogP contribution is -2.26. The Bertz CT molecular complexity index is 2310. The van der Waals surface area contributed by atoms with Crippen molar-refractivity contribution in [3.05, 3.63) is 178 Å². The second kappa shape index (κ2) is 21.4. The average Bonchev–Trinajstić information content (AvgIpc) is 3.31. The molecule has 2 N–H and O–H groups in total. The number of unbranched alkanes of at least 4 members (excludes halogenated alkanes) is 10. The minimum Gasteiger partial charge on any atom is -0.321 e. The van der Waals surface area contributed by atoms with Crippen LogP contribution in [0.4, 0.5) is 11.4 Å². The molecule has 2 amide bonds. The van der Waals surface area contributed by atoms with Crippen LogP contribution in [0.3, 0.4) is 0 Å². The zero-order chi connectivity index (χ0) is 43.3. The largest absolute Gasteiger partial charge is 0.321 e. The van der Waals surface area contributed by atoms with Gasteiger partial charge in [0.2, 0.25) is 0 Å². The summed E-state index contributed by atoms with van der Waals surface area (Å²) in [5.41, 5.74) is 8.57. The van der Waals surface area contributed by atoms with Gasteiger partial charge in [-0.3, -0.25) is 19.2 Å². The zero-order valence-electron chi connectivity index (χ0n) is 36.2. The van der Waals surface area contributed by atoms with Crippen LogP contribution in [-0.2, 0) is 12.8 Å². The maximum Gasteiger partial charge on any atom is 0.255 e.